The van der Waals surface area contributed by atoms with Gasteiger partial charge in [-0.05, 0) is 35.9 Å². The molecule has 0 saturated heterocycles. The minimum Gasteiger partial charge on any atom is -0.482 e. The largest absolute Gasteiger partial charge is 0.482 e. The van der Waals surface area contributed by atoms with Crippen molar-refractivity contribution in [2.75, 3.05) is 6.61 Å². The molecule has 2 N–H and O–H groups in total. The van der Waals surface area contributed by atoms with Gasteiger partial charge in [0, 0.05) is 5.02 Å². The van der Waals surface area contributed by atoms with Gasteiger partial charge in [-0.1, -0.05) is 65.7 Å². The number of hydrogen-bond donors (Lipinski definition) is 2. The maximum Gasteiger partial charge on any atom is 0.277 e. The second-order valence-electron chi connectivity index (χ2n) is 6.70. The number of hydrazone groups is 1. The predicted molar refractivity (Wildman–Crippen MR) is 123 cm³/mol. The number of aromatic amines is 1. The van der Waals surface area contributed by atoms with E-state index in [1.807, 2.05) is 54.6 Å². The first kappa shape index (κ1) is 20.9. The van der Waals surface area contributed by atoms with Crippen LogP contribution in [0.5, 0.6) is 5.75 Å². The second-order valence-corrected chi connectivity index (χ2v) is 7.54. The van der Waals surface area contributed by atoms with Gasteiger partial charge in [-0.3, -0.25) is 4.79 Å². The fourth-order valence-electron chi connectivity index (χ4n) is 2.98. The Morgan fingerprint density at radius 2 is 1.81 bits per heavy atom. The summed E-state index contributed by atoms with van der Waals surface area (Å²) in [5.41, 5.74) is 5.92. The number of para-hydroxylation sites is 2. The first-order valence-corrected chi connectivity index (χ1v) is 10.3. The normalized spacial score (nSPS) is 11.5. The smallest absolute Gasteiger partial charge is 0.277 e. The molecule has 0 unspecified atom stereocenters. The minimum atomic E-state index is -0.413. The topological polar surface area (TPSA) is 79.4 Å². The zero-order chi connectivity index (χ0) is 21.6. The number of rotatable bonds is 7. The molecule has 0 aliphatic heterocycles. The van der Waals surface area contributed by atoms with E-state index in [2.05, 4.69) is 20.5 Å². The monoisotopic (exact) mass is 452 g/mol. The highest BCUT2D eigenvalue weighted by atomic mass is 35.5. The van der Waals surface area contributed by atoms with Crippen LogP contribution in [0.15, 0.2) is 77.9 Å². The lowest BCUT2D eigenvalue weighted by atomic mass is 10.1. The third kappa shape index (κ3) is 5.42. The molecular weight excluding hydrogens is 435 g/mol. The van der Waals surface area contributed by atoms with E-state index in [1.165, 1.54) is 0 Å². The fourth-order valence-corrected chi connectivity index (χ4v) is 3.45. The van der Waals surface area contributed by atoms with Crippen molar-refractivity contribution in [1.29, 1.82) is 0 Å². The van der Waals surface area contributed by atoms with Gasteiger partial charge in [0.05, 0.1) is 28.2 Å². The number of hydrogen-bond acceptors (Lipinski definition) is 4. The van der Waals surface area contributed by atoms with Gasteiger partial charge in [0.2, 0.25) is 0 Å². The van der Waals surface area contributed by atoms with Crippen molar-refractivity contribution in [1.82, 2.24) is 15.4 Å². The summed E-state index contributed by atoms with van der Waals surface area (Å²) in [5.74, 6) is 0.710. The predicted octanol–water partition coefficient (Wildman–Crippen LogP) is 5.01. The molecule has 0 atom stereocenters. The van der Waals surface area contributed by atoms with Crippen LogP contribution in [0.3, 0.4) is 0 Å². The SMILES string of the molecule is O=C(COc1ccc(Cl)cc1Cl)N/N=C(/Cc1nc2ccccc2[nH]1)c1ccccc1. The summed E-state index contributed by atoms with van der Waals surface area (Å²) in [6.07, 6.45) is 0.419. The Kier molecular flexibility index (Phi) is 6.50. The van der Waals surface area contributed by atoms with Gasteiger partial charge in [0.15, 0.2) is 6.61 Å². The Balaban J connectivity index is 1.47. The molecule has 31 heavy (non-hydrogen) atoms. The summed E-state index contributed by atoms with van der Waals surface area (Å²) in [6.45, 7) is -0.239. The van der Waals surface area contributed by atoms with Crippen LogP contribution >= 0.6 is 23.2 Å². The highest BCUT2D eigenvalue weighted by Gasteiger charge is 2.11. The number of aromatic nitrogens is 2. The molecule has 1 amide bonds. The number of imidazole rings is 1. The summed E-state index contributed by atoms with van der Waals surface area (Å²) in [6, 6.07) is 22.2. The number of ether oxygens (including phenoxy) is 1. The van der Waals surface area contributed by atoms with Crippen LogP contribution in [0.25, 0.3) is 11.0 Å². The number of benzene rings is 3. The third-order valence-electron chi connectivity index (χ3n) is 4.45. The molecule has 0 radical (unpaired) electrons. The summed E-state index contributed by atoms with van der Waals surface area (Å²) >= 11 is 11.9. The van der Waals surface area contributed by atoms with Crippen molar-refractivity contribution in [2.24, 2.45) is 5.10 Å². The molecule has 4 rings (SSSR count). The van der Waals surface area contributed by atoms with Crippen molar-refractivity contribution in [3.63, 3.8) is 0 Å². The van der Waals surface area contributed by atoms with Gasteiger partial charge in [0.25, 0.3) is 5.91 Å². The molecule has 4 aromatic rings. The Morgan fingerprint density at radius 1 is 1.03 bits per heavy atom. The quantitative estimate of drug-likeness (QED) is 0.305. The summed E-state index contributed by atoms with van der Waals surface area (Å²) in [7, 11) is 0. The van der Waals surface area contributed by atoms with Crippen LogP contribution < -0.4 is 10.2 Å². The number of amides is 1. The maximum absolute atomic E-state index is 12.3. The van der Waals surface area contributed by atoms with Crippen molar-refractivity contribution in [3.05, 3.63) is 94.2 Å². The van der Waals surface area contributed by atoms with Gasteiger partial charge in [-0.25, -0.2) is 10.4 Å². The lowest BCUT2D eigenvalue weighted by Crippen LogP contribution is -2.26. The average Bonchev–Trinajstić information content (AvgIpc) is 3.19. The minimum absolute atomic E-state index is 0.239. The van der Waals surface area contributed by atoms with E-state index in [0.717, 1.165) is 22.4 Å². The molecule has 3 aromatic carbocycles. The molecule has 0 bridgehead atoms. The van der Waals surface area contributed by atoms with Gasteiger partial charge < -0.3 is 9.72 Å². The zero-order valence-electron chi connectivity index (χ0n) is 16.3. The average molecular weight is 453 g/mol. The highest BCUT2D eigenvalue weighted by molar-refractivity contribution is 6.35. The number of nitrogens with zero attached hydrogens (tertiary/aromatic N) is 2. The molecule has 1 aromatic heterocycles. The summed E-state index contributed by atoms with van der Waals surface area (Å²) in [5, 5.41) is 5.15. The Morgan fingerprint density at radius 3 is 2.58 bits per heavy atom. The van der Waals surface area contributed by atoms with Gasteiger partial charge in [-0.2, -0.15) is 5.10 Å². The van der Waals surface area contributed by atoms with E-state index < -0.39 is 5.91 Å². The highest BCUT2D eigenvalue weighted by Crippen LogP contribution is 2.27. The molecule has 0 saturated carbocycles. The molecule has 1 heterocycles. The number of H-pyrrole nitrogens is 1. The van der Waals surface area contributed by atoms with Crippen molar-refractivity contribution >= 4 is 45.9 Å². The van der Waals surface area contributed by atoms with E-state index in [9.17, 15) is 4.79 Å². The molecule has 0 spiro atoms. The molecule has 0 fully saturated rings. The standard InChI is InChI=1S/C23H18Cl2N4O2/c24-16-10-11-21(17(25)12-16)31-14-23(30)29-28-20(15-6-2-1-3-7-15)13-22-26-18-8-4-5-9-19(18)27-22/h1-12H,13-14H2,(H,26,27)(H,29,30)/b28-20-. The molecule has 8 heteroatoms. The molecule has 156 valence electrons. The van der Waals surface area contributed by atoms with Gasteiger partial charge in [-0.15, -0.1) is 0 Å². The molecule has 6 nitrogen and oxygen atoms in total. The molecule has 0 aliphatic rings. The van der Waals surface area contributed by atoms with E-state index in [4.69, 9.17) is 27.9 Å². The Labute approximate surface area is 188 Å². The van der Waals surface area contributed by atoms with Crippen LogP contribution in [0.1, 0.15) is 11.4 Å². The number of nitrogens with one attached hydrogen (secondary N) is 2. The Hall–Kier alpha value is -3.35. The van der Waals surface area contributed by atoms with Crippen molar-refractivity contribution < 1.29 is 9.53 Å². The van der Waals surface area contributed by atoms with Crippen molar-refractivity contribution in [3.8, 4) is 5.75 Å². The first-order chi connectivity index (χ1) is 15.1. The summed E-state index contributed by atoms with van der Waals surface area (Å²) in [4.78, 5) is 20.2. The molecule has 0 aliphatic carbocycles. The second kappa shape index (κ2) is 9.64. The van der Waals surface area contributed by atoms with Crippen molar-refractivity contribution in [2.45, 2.75) is 6.42 Å². The van der Waals surface area contributed by atoms with Crippen LogP contribution in [0, 0.1) is 0 Å². The zero-order valence-corrected chi connectivity index (χ0v) is 17.8. The summed E-state index contributed by atoms with van der Waals surface area (Å²) < 4.78 is 5.46. The third-order valence-corrected chi connectivity index (χ3v) is 4.98. The van der Waals surface area contributed by atoms with Crippen LogP contribution in [-0.2, 0) is 11.2 Å². The number of halogens is 2. The van der Waals surface area contributed by atoms with E-state index in [0.29, 0.717) is 27.9 Å². The number of carbonyl (C=O) groups is 1. The van der Waals surface area contributed by atoms with Crippen LogP contribution in [0.4, 0.5) is 0 Å². The van der Waals surface area contributed by atoms with E-state index >= 15 is 0 Å². The first-order valence-electron chi connectivity index (χ1n) is 9.51. The number of fused-ring (bicyclic) bond motifs is 1. The van der Waals surface area contributed by atoms with E-state index in [-0.39, 0.29) is 6.61 Å². The lowest BCUT2D eigenvalue weighted by Gasteiger charge is -2.09. The van der Waals surface area contributed by atoms with Gasteiger partial charge >= 0.3 is 0 Å². The van der Waals surface area contributed by atoms with Crippen LogP contribution in [0.2, 0.25) is 10.0 Å². The number of carbonyl (C=O) groups excluding carboxylic acids is 1. The lowest BCUT2D eigenvalue weighted by molar-refractivity contribution is -0.123. The molecular formula is C23H18Cl2N4O2. The Bertz CT molecular complexity index is 1210. The maximum atomic E-state index is 12.3. The van der Waals surface area contributed by atoms with Gasteiger partial charge in [0.1, 0.15) is 11.6 Å². The van der Waals surface area contributed by atoms with Crippen LogP contribution in [-0.4, -0.2) is 28.2 Å². The van der Waals surface area contributed by atoms with E-state index in [1.54, 1.807) is 18.2 Å². The fraction of sp³-hybridized carbons (Fsp3) is 0.0870.